The highest BCUT2D eigenvalue weighted by atomic mass is 32.2. The molecule has 1 aliphatic rings. The molecule has 7 nitrogen and oxygen atoms in total. The zero-order valence-electron chi connectivity index (χ0n) is 17.4. The number of rotatable bonds is 6. The Bertz CT molecular complexity index is 1270. The van der Waals surface area contributed by atoms with Crippen molar-refractivity contribution in [1.29, 1.82) is 0 Å². The lowest BCUT2D eigenvalue weighted by Gasteiger charge is -2.15. The highest BCUT2D eigenvalue weighted by Gasteiger charge is 2.34. The molecule has 0 aliphatic carbocycles. The molecule has 0 saturated carbocycles. The molecule has 1 saturated heterocycles. The predicted molar refractivity (Wildman–Crippen MR) is 129 cm³/mol. The van der Waals surface area contributed by atoms with Crippen molar-refractivity contribution >= 4 is 52.2 Å². The smallest absolute Gasteiger partial charge is 0.338 e. The molecule has 1 aliphatic heterocycles. The topological polar surface area (TPSA) is 88.9 Å². The largest absolute Gasteiger partial charge is 0.462 e. The Kier molecular flexibility index (Phi) is 6.71. The summed E-state index contributed by atoms with van der Waals surface area (Å²) < 4.78 is 11.1. The van der Waals surface area contributed by atoms with Crippen LogP contribution in [0.25, 0.3) is 17.4 Å². The SMILES string of the molecule is CCOC(=O)c1cccc(-c2ccc(/C=C3\SC(=S)N(NC(=O)c4ccccc4)C3=O)o2)c1. The van der Waals surface area contributed by atoms with Gasteiger partial charge in [0.1, 0.15) is 11.5 Å². The molecule has 166 valence electrons. The van der Waals surface area contributed by atoms with Crippen LogP contribution >= 0.6 is 24.0 Å². The number of thiocarbonyl (C=S) groups is 1. The fraction of sp³-hybridized carbons (Fsp3) is 0.0833. The van der Waals surface area contributed by atoms with Crippen molar-refractivity contribution in [3.63, 3.8) is 0 Å². The van der Waals surface area contributed by atoms with Crippen LogP contribution in [-0.4, -0.2) is 33.7 Å². The Morgan fingerprint density at radius 1 is 1.09 bits per heavy atom. The average molecular weight is 479 g/mol. The number of hydrogen-bond acceptors (Lipinski definition) is 7. The van der Waals surface area contributed by atoms with E-state index in [1.54, 1.807) is 73.7 Å². The maximum atomic E-state index is 12.8. The zero-order valence-corrected chi connectivity index (χ0v) is 19.1. The van der Waals surface area contributed by atoms with E-state index in [-0.39, 0.29) is 10.9 Å². The summed E-state index contributed by atoms with van der Waals surface area (Å²) in [6, 6.07) is 18.9. The quantitative estimate of drug-likeness (QED) is 0.313. The molecule has 33 heavy (non-hydrogen) atoms. The molecule has 1 N–H and O–H groups in total. The Labute approximate surface area is 199 Å². The lowest BCUT2D eigenvalue weighted by atomic mass is 10.1. The van der Waals surface area contributed by atoms with Crippen LogP contribution in [0, 0.1) is 0 Å². The fourth-order valence-corrected chi connectivity index (χ4v) is 4.21. The molecule has 3 aromatic rings. The third-order valence-electron chi connectivity index (χ3n) is 4.60. The molecule has 0 radical (unpaired) electrons. The second kappa shape index (κ2) is 9.85. The van der Waals surface area contributed by atoms with Gasteiger partial charge >= 0.3 is 5.97 Å². The summed E-state index contributed by atoms with van der Waals surface area (Å²) in [6.07, 6.45) is 1.56. The maximum Gasteiger partial charge on any atom is 0.338 e. The van der Waals surface area contributed by atoms with Crippen LogP contribution in [0.2, 0.25) is 0 Å². The molecule has 1 aromatic heterocycles. The van der Waals surface area contributed by atoms with Crippen molar-refractivity contribution in [1.82, 2.24) is 10.4 Å². The lowest BCUT2D eigenvalue weighted by Crippen LogP contribution is -2.44. The van der Waals surface area contributed by atoms with E-state index in [1.807, 2.05) is 6.07 Å². The van der Waals surface area contributed by atoms with Crippen LogP contribution in [0.15, 0.2) is 76.1 Å². The van der Waals surface area contributed by atoms with Crippen molar-refractivity contribution < 1.29 is 23.5 Å². The molecule has 2 aromatic carbocycles. The number of carbonyl (C=O) groups excluding carboxylic acids is 3. The highest BCUT2D eigenvalue weighted by molar-refractivity contribution is 8.26. The minimum absolute atomic E-state index is 0.212. The minimum atomic E-state index is -0.448. The maximum absolute atomic E-state index is 12.8. The fourth-order valence-electron chi connectivity index (χ4n) is 3.05. The van der Waals surface area contributed by atoms with Gasteiger partial charge in [0, 0.05) is 17.2 Å². The number of ether oxygens (including phenoxy) is 1. The van der Waals surface area contributed by atoms with Crippen molar-refractivity contribution in [2.75, 3.05) is 6.61 Å². The highest BCUT2D eigenvalue weighted by Crippen LogP contribution is 2.33. The third kappa shape index (κ3) is 5.05. The van der Waals surface area contributed by atoms with Gasteiger partial charge in [0.2, 0.25) is 0 Å². The first-order valence-electron chi connectivity index (χ1n) is 9.97. The number of amides is 2. The standard InChI is InChI=1S/C24H18N2O5S2/c1-2-30-23(29)17-10-6-9-16(13-17)19-12-11-18(31-19)14-20-22(28)26(24(32)33-20)25-21(27)15-7-4-3-5-8-15/h3-14H,2H2,1H3,(H,25,27)/b20-14-. The minimum Gasteiger partial charge on any atom is -0.462 e. The summed E-state index contributed by atoms with van der Waals surface area (Å²) in [5.41, 5.74) is 4.07. The molecule has 2 amide bonds. The first-order chi connectivity index (χ1) is 16.0. The number of benzene rings is 2. The van der Waals surface area contributed by atoms with Crippen LogP contribution in [0.4, 0.5) is 0 Å². The van der Waals surface area contributed by atoms with Crippen LogP contribution in [0.1, 0.15) is 33.4 Å². The van der Waals surface area contributed by atoms with E-state index in [4.69, 9.17) is 21.4 Å². The van der Waals surface area contributed by atoms with Gasteiger partial charge in [-0.25, -0.2) is 4.79 Å². The molecule has 0 unspecified atom stereocenters. The first kappa shape index (κ1) is 22.5. The summed E-state index contributed by atoms with van der Waals surface area (Å²) >= 11 is 6.32. The summed E-state index contributed by atoms with van der Waals surface area (Å²) in [4.78, 5) is 37.5. The first-order valence-corrected chi connectivity index (χ1v) is 11.2. The van der Waals surface area contributed by atoms with Gasteiger partial charge < -0.3 is 9.15 Å². The lowest BCUT2D eigenvalue weighted by molar-refractivity contribution is -0.123. The van der Waals surface area contributed by atoms with Crippen LogP contribution in [0.5, 0.6) is 0 Å². The second-order valence-corrected chi connectivity index (χ2v) is 8.50. The summed E-state index contributed by atoms with van der Waals surface area (Å²) in [7, 11) is 0. The van der Waals surface area contributed by atoms with Crippen molar-refractivity contribution in [3.8, 4) is 11.3 Å². The molecular weight excluding hydrogens is 460 g/mol. The average Bonchev–Trinajstić information content (AvgIpc) is 3.40. The van der Waals surface area contributed by atoms with E-state index in [9.17, 15) is 14.4 Å². The number of esters is 1. The normalized spacial score (nSPS) is 14.6. The van der Waals surface area contributed by atoms with Crippen molar-refractivity contribution in [3.05, 3.63) is 88.5 Å². The number of furan rings is 1. The number of nitrogens with zero attached hydrogens (tertiary/aromatic N) is 1. The van der Waals surface area contributed by atoms with E-state index >= 15 is 0 Å². The van der Waals surface area contributed by atoms with E-state index in [0.717, 1.165) is 16.8 Å². The van der Waals surface area contributed by atoms with E-state index in [1.165, 1.54) is 0 Å². The molecule has 0 bridgehead atoms. The Morgan fingerprint density at radius 3 is 2.61 bits per heavy atom. The van der Waals surface area contributed by atoms with Gasteiger partial charge in [-0.2, -0.15) is 5.01 Å². The Balaban J connectivity index is 1.50. The molecule has 0 spiro atoms. The van der Waals surface area contributed by atoms with Crippen molar-refractivity contribution in [2.45, 2.75) is 6.92 Å². The molecular formula is C24H18N2O5S2. The Hall–Kier alpha value is -3.69. The Morgan fingerprint density at radius 2 is 1.85 bits per heavy atom. The number of hydrogen-bond donors (Lipinski definition) is 1. The molecule has 1 fully saturated rings. The summed E-state index contributed by atoms with van der Waals surface area (Å²) in [6.45, 7) is 2.04. The summed E-state index contributed by atoms with van der Waals surface area (Å²) in [5.74, 6) is -0.333. The van der Waals surface area contributed by atoms with Crippen molar-refractivity contribution in [2.24, 2.45) is 0 Å². The van der Waals surface area contributed by atoms with E-state index in [2.05, 4.69) is 5.43 Å². The number of hydrazine groups is 1. The van der Waals surface area contributed by atoms with Crippen LogP contribution < -0.4 is 5.43 Å². The molecule has 4 rings (SSSR count). The number of nitrogens with one attached hydrogen (secondary N) is 1. The van der Waals surface area contributed by atoms with E-state index in [0.29, 0.717) is 33.1 Å². The van der Waals surface area contributed by atoms with Gasteiger partial charge in [-0.15, -0.1) is 0 Å². The number of thioether (sulfide) groups is 1. The van der Waals surface area contributed by atoms with Crippen LogP contribution in [0.3, 0.4) is 0 Å². The summed E-state index contributed by atoms with van der Waals surface area (Å²) in [5, 5.41) is 1.05. The molecule has 0 atom stereocenters. The van der Waals surface area contributed by atoms with Gasteiger partial charge in [-0.05, 0) is 55.5 Å². The van der Waals surface area contributed by atoms with E-state index < -0.39 is 17.8 Å². The second-order valence-electron chi connectivity index (χ2n) is 6.83. The molecule has 2 heterocycles. The van der Waals surface area contributed by atoms with Gasteiger partial charge in [0.15, 0.2) is 4.32 Å². The van der Waals surface area contributed by atoms with Gasteiger partial charge in [-0.3, -0.25) is 15.0 Å². The number of carbonyl (C=O) groups is 3. The van der Waals surface area contributed by atoms with Gasteiger partial charge in [-0.1, -0.05) is 42.1 Å². The monoisotopic (exact) mass is 478 g/mol. The third-order valence-corrected chi connectivity index (χ3v) is 5.90. The molecule has 9 heteroatoms. The van der Waals surface area contributed by atoms with Crippen LogP contribution in [-0.2, 0) is 9.53 Å². The zero-order chi connectivity index (χ0) is 23.4. The van der Waals surface area contributed by atoms with Gasteiger partial charge in [0.25, 0.3) is 11.8 Å². The predicted octanol–water partition coefficient (Wildman–Crippen LogP) is 4.67. The van der Waals surface area contributed by atoms with Gasteiger partial charge in [0.05, 0.1) is 17.1 Å².